The first kappa shape index (κ1) is 13.7. The summed E-state index contributed by atoms with van der Waals surface area (Å²) in [5, 5.41) is 3.33. The van der Waals surface area contributed by atoms with Gasteiger partial charge >= 0.3 is 0 Å². The Balaban J connectivity index is 2.70. The number of hydrogen-bond acceptors (Lipinski definition) is 2. The van der Waals surface area contributed by atoms with E-state index in [4.69, 9.17) is 0 Å². The Morgan fingerprint density at radius 1 is 1.24 bits per heavy atom. The van der Waals surface area contributed by atoms with Gasteiger partial charge in [0.15, 0.2) is 0 Å². The molecule has 0 aliphatic rings. The number of carbonyl (C=O) groups is 1. The highest BCUT2D eigenvalue weighted by atomic mass is 16.2. The zero-order valence-corrected chi connectivity index (χ0v) is 11.3. The highest BCUT2D eigenvalue weighted by Crippen LogP contribution is 2.17. The second kappa shape index (κ2) is 5.82. The highest BCUT2D eigenvalue weighted by Gasteiger charge is 2.18. The minimum atomic E-state index is -0.167. The van der Waals surface area contributed by atoms with Crippen LogP contribution in [0.5, 0.6) is 0 Å². The second-order valence-corrected chi connectivity index (χ2v) is 4.70. The number of nitrogens with one attached hydrogen (secondary N) is 1. The van der Waals surface area contributed by atoms with Crippen LogP contribution < -0.4 is 5.32 Å². The van der Waals surface area contributed by atoms with Crippen molar-refractivity contribution in [3.8, 4) is 0 Å². The van der Waals surface area contributed by atoms with Crippen molar-refractivity contribution in [2.24, 2.45) is 0 Å². The van der Waals surface area contributed by atoms with E-state index < -0.39 is 0 Å². The molecule has 94 valence electrons. The van der Waals surface area contributed by atoms with Crippen LogP contribution in [0.4, 0.5) is 0 Å². The molecule has 1 amide bonds. The number of nitrogens with zero attached hydrogens (tertiary/aromatic N) is 1. The van der Waals surface area contributed by atoms with E-state index in [1.807, 2.05) is 19.1 Å². The molecular weight excluding hydrogens is 212 g/mol. The third-order valence-electron chi connectivity index (χ3n) is 2.97. The van der Waals surface area contributed by atoms with E-state index in [0.29, 0.717) is 0 Å². The lowest BCUT2D eigenvalue weighted by atomic mass is 10.0. The van der Waals surface area contributed by atoms with E-state index in [1.54, 1.807) is 19.0 Å². The van der Waals surface area contributed by atoms with Crippen molar-refractivity contribution in [1.82, 2.24) is 10.2 Å². The molecule has 0 fully saturated rings. The first-order valence-electron chi connectivity index (χ1n) is 5.96. The van der Waals surface area contributed by atoms with Crippen LogP contribution in [0.2, 0.25) is 0 Å². The van der Waals surface area contributed by atoms with Crippen LogP contribution in [0.3, 0.4) is 0 Å². The summed E-state index contributed by atoms with van der Waals surface area (Å²) in [6, 6.07) is 8.25. The molecule has 0 spiro atoms. The molecule has 1 N–H and O–H groups in total. The largest absolute Gasteiger partial charge is 0.347 e. The van der Waals surface area contributed by atoms with Crippen molar-refractivity contribution in [3.05, 3.63) is 35.4 Å². The van der Waals surface area contributed by atoms with Crippen molar-refractivity contribution in [2.75, 3.05) is 14.1 Å². The molecule has 0 heterocycles. The van der Waals surface area contributed by atoms with Crippen LogP contribution in [0.25, 0.3) is 0 Å². The van der Waals surface area contributed by atoms with Gasteiger partial charge in [-0.3, -0.25) is 10.1 Å². The first-order chi connectivity index (χ1) is 7.93. The summed E-state index contributed by atoms with van der Waals surface area (Å²) in [5.74, 6) is 0.102. The maximum atomic E-state index is 11.8. The summed E-state index contributed by atoms with van der Waals surface area (Å²) >= 11 is 0. The molecule has 1 aromatic carbocycles. The Bertz CT molecular complexity index is 388. The minimum absolute atomic E-state index is 0.102. The number of amides is 1. The summed E-state index contributed by atoms with van der Waals surface area (Å²) in [6.07, 6.45) is 0. The van der Waals surface area contributed by atoms with Gasteiger partial charge in [-0.25, -0.2) is 0 Å². The maximum absolute atomic E-state index is 11.8. The molecule has 3 nitrogen and oxygen atoms in total. The van der Waals surface area contributed by atoms with Crippen LogP contribution in [-0.2, 0) is 4.79 Å². The Hall–Kier alpha value is -1.35. The molecular formula is C14H22N2O. The lowest BCUT2D eigenvalue weighted by molar-refractivity contribution is -0.130. The van der Waals surface area contributed by atoms with Gasteiger partial charge in [0.2, 0.25) is 5.91 Å². The molecule has 2 atom stereocenters. The van der Waals surface area contributed by atoms with E-state index in [2.05, 4.69) is 31.3 Å². The van der Waals surface area contributed by atoms with Gasteiger partial charge in [-0.05, 0) is 31.9 Å². The lowest BCUT2D eigenvalue weighted by Gasteiger charge is -2.23. The number of benzene rings is 1. The summed E-state index contributed by atoms with van der Waals surface area (Å²) < 4.78 is 0. The Morgan fingerprint density at radius 3 is 2.35 bits per heavy atom. The van der Waals surface area contributed by atoms with Gasteiger partial charge in [0.05, 0.1) is 6.04 Å². The molecule has 1 rings (SSSR count). The minimum Gasteiger partial charge on any atom is -0.347 e. The fraction of sp³-hybridized carbons (Fsp3) is 0.500. The molecule has 0 saturated heterocycles. The van der Waals surface area contributed by atoms with Crippen molar-refractivity contribution in [2.45, 2.75) is 32.9 Å². The van der Waals surface area contributed by atoms with Crippen molar-refractivity contribution in [3.63, 3.8) is 0 Å². The Morgan fingerprint density at radius 2 is 1.82 bits per heavy atom. The summed E-state index contributed by atoms with van der Waals surface area (Å²) in [6.45, 7) is 6.07. The first-order valence-corrected chi connectivity index (χ1v) is 5.96. The Labute approximate surface area is 104 Å². The van der Waals surface area contributed by atoms with Gasteiger partial charge in [0.25, 0.3) is 0 Å². The van der Waals surface area contributed by atoms with E-state index in [1.165, 1.54) is 11.1 Å². The standard InChI is InChI=1S/C14H22N2O/c1-10-8-6-7-9-13(10)11(2)15-12(3)14(17)16(4)5/h6-9,11-12,15H,1-5H3/t11-,12?/m0/s1. The molecule has 0 aliphatic carbocycles. The monoisotopic (exact) mass is 234 g/mol. The smallest absolute Gasteiger partial charge is 0.238 e. The van der Waals surface area contributed by atoms with E-state index in [0.717, 1.165) is 0 Å². The van der Waals surface area contributed by atoms with Crippen LogP contribution in [0.15, 0.2) is 24.3 Å². The SMILES string of the molecule is Cc1ccccc1[C@H](C)NC(C)C(=O)N(C)C. The number of likely N-dealkylation sites (N-methyl/N-ethyl adjacent to an activating group) is 1. The molecule has 1 aromatic rings. The molecule has 3 heteroatoms. The zero-order chi connectivity index (χ0) is 13.0. The van der Waals surface area contributed by atoms with E-state index >= 15 is 0 Å². The summed E-state index contributed by atoms with van der Waals surface area (Å²) in [4.78, 5) is 13.4. The fourth-order valence-corrected chi connectivity index (χ4v) is 2.00. The Kier molecular flexibility index (Phi) is 4.70. The van der Waals surface area contributed by atoms with Gasteiger partial charge in [-0.2, -0.15) is 0 Å². The van der Waals surface area contributed by atoms with Gasteiger partial charge in [-0.1, -0.05) is 24.3 Å². The van der Waals surface area contributed by atoms with Gasteiger partial charge in [-0.15, -0.1) is 0 Å². The second-order valence-electron chi connectivity index (χ2n) is 4.70. The van der Waals surface area contributed by atoms with Gasteiger partial charge in [0.1, 0.15) is 0 Å². The highest BCUT2D eigenvalue weighted by molar-refractivity contribution is 5.80. The fourth-order valence-electron chi connectivity index (χ4n) is 2.00. The topological polar surface area (TPSA) is 32.3 Å². The predicted octanol–water partition coefficient (Wildman–Crippen LogP) is 2.12. The van der Waals surface area contributed by atoms with Crippen LogP contribution in [-0.4, -0.2) is 30.9 Å². The molecule has 0 bridgehead atoms. The third-order valence-corrected chi connectivity index (χ3v) is 2.97. The van der Waals surface area contributed by atoms with E-state index in [9.17, 15) is 4.79 Å². The summed E-state index contributed by atoms with van der Waals surface area (Å²) in [7, 11) is 3.55. The van der Waals surface area contributed by atoms with E-state index in [-0.39, 0.29) is 18.0 Å². The maximum Gasteiger partial charge on any atom is 0.238 e. The number of aryl methyl sites for hydroxylation is 1. The molecule has 0 radical (unpaired) electrons. The van der Waals surface area contributed by atoms with Crippen molar-refractivity contribution in [1.29, 1.82) is 0 Å². The average molecular weight is 234 g/mol. The molecule has 0 aromatic heterocycles. The number of carbonyl (C=O) groups excluding carboxylic acids is 1. The van der Waals surface area contributed by atoms with Crippen molar-refractivity contribution < 1.29 is 4.79 Å². The third kappa shape index (κ3) is 3.56. The van der Waals surface area contributed by atoms with Crippen LogP contribution >= 0.6 is 0 Å². The quantitative estimate of drug-likeness (QED) is 0.865. The van der Waals surface area contributed by atoms with Crippen LogP contribution in [0, 0.1) is 6.92 Å². The molecule has 1 unspecified atom stereocenters. The molecule has 0 aliphatic heterocycles. The molecule has 0 saturated carbocycles. The zero-order valence-electron chi connectivity index (χ0n) is 11.3. The normalized spacial score (nSPS) is 14.2. The number of hydrogen-bond donors (Lipinski definition) is 1. The average Bonchev–Trinajstić information content (AvgIpc) is 2.28. The lowest BCUT2D eigenvalue weighted by Crippen LogP contribution is -2.42. The predicted molar refractivity (Wildman–Crippen MR) is 70.9 cm³/mol. The summed E-state index contributed by atoms with van der Waals surface area (Å²) in [5.41, 5.74) is 2.49. The van der Waals surface area contributed by atoms with Gasteiger partial charge in [0, 0.05) is 20.1 Å². The number of rotatable bonds is 4. The van der Waals surface area contributed by atoms with Crippen molar-refractivity contribution >= 4 is 5.91 Å². The molecule has 17 heavy (non-hydrogen) atoms. The van der Waals surface area contributed by atoms with Crippen LogP contribution in [0.1, 0.15) is 31.0 Å². The van der Waals surface area contributed by atoms with Gasteiger partial charge < -0.3 is 4.90 Å².